The van der Waals surface area contributed by atoms with Gasteiger partial charge in [-0.05, 0) is 18.8 Å². The summed E-state index contributed by atoms with van der Waals surface area (Å²) in [5, 5.41) is 17.6. The van der Waals surface area contributed by atoms with Gasteiger partial charge < -0.3 is 10.4 Å². The van der Waals surface area contributed by atoms with E-state index in [4.69, 9.17) is 0 Å². The van der Waals surface area contributed by atoms with Crippen molar-refractivity contribution in [3.8, 4) is 0 Å². The maximum absolute atomic E-state index is 9.82. The van der Waals surface area contributed by atoms with Crippen LogP contribution >= 0.6 is 11.8 Å². The average Bonchev–Trinajstić information content (AvgIpc) is 3.09. The quantitative estimate of drug-likeness (QED) is 0.739. The van der Waals surface area contributed by atoms with E-state index in [0.717, 1.165) is 5.75 Å². The Morgan fingerprint density at radius 1 is 1.61 bits per heavy atom. The van der Waals surface area contributed by atoms with Crippen LogP contribution in [-0.4, -0.2) is 38.8 Å². The van der Waals surface area contributed by atoms with E-state index in [1.54, 1.807) is 11.8 Å². The zero-order chi connectivity index (χ0) is 13.2. The maximum atomic E-state index is 9.82. The Morgan fingerprint density at radius 2 is 2.33 bits per heavy atom. The van der Waals surface area contributed by atoms with Crippen molar-refractivity contribution in [3.63, 3.8) is 0 Å². The van der Waals surface area contributed by atoms with Crippen molar-refractivity contribution in [2.75, 3.05) is 12.4 Å². The van der Waals surface area contributed by atoms with Crippen molar-refractivity contribution in [3.05, 3.63) is 12.4 Å². The van der Waals surface area contributed by atoms with Gasteiger partial charge in [0.1, 0.15) is 0 Å². The minimum absolute atomic E-state index is 0.130. The molecular weight excluding hydrogens is 246 g/mol. The van der Waals surface area contributed by atoms with Crippen LogP contribution in [0.2, 0.25) is 0 Å². The molecule has 18 heavy (non-hydrogen) atoms. The first-order chi connectivity index (χ1) is 8.55. The average molecular weight is 269 g/mol. The van der Waals surface area contributed by atoms with Gasteiger partial charge in [0, 0.05) is 29.9 Å². The van der Waals surface area contributed by atoms with Gasteiger partial charge in [-0.2, -0.15) is 5.10 Å². The molecule has 2 N–H and O–H groups in total. The minimum atomic E-state index is -0.130. The minimum Gasteiger partial charge on any atom is -0.394 e. The third kappa shape index (κ3) is 3.28. The molecule has 1 heterocycles. The van der Waals surface area contributed by atoms with Crippen molar-refractivity contribution in [2.24, 2.45) is 13.0 Å². The third-order valence-corrected chi connectivity index (χ3v) is 4.60. The van der Waals surface area contributed by atoms with E-state index < -0.39 is 0 Å². The SMILES string of the molecule is CC(C)NC(CO)(CSc1cnn(C)c1)C1CC1. The first-order valence-electron chi connectivity index (χ1n) is 6.56. The fourth-order valence-corrected chi connectivity index (χ4v) is 3.58. The van der Waals surface area contributed by atoms with Gasteiger partial charge in [-0.15, -0.1) is 11.8 Å². The highest BCUT2D eigenvalue weighted by molar-refractivity contribution is 7.99. The van der Waals surface area contributed by atoms with Crippen LogP contribution in [0.4, 0.5) is 0 Å². The van der Waals surface area contributed by atoms with Gasteiger partial charge in [-0.25, -0.2) is 0 Å². The molecule has 1 atom stereocenters. The summed E-state index contributed by atoms with van der Waals surface area (Å²) in [4.78, 5) is 1.17. The molecule has 1 aliphatic carbocycles. The van der Waals surface area contributed by atoms with Crippen molar-refractivity contribution < 1.29 is 5.11 Å². The van der Waals surface area contributed by atoms with Crippen LogP contribution in [0.15, 0.2) is 17.3 Å². The number of aryl methyl sites for hydroxylation is 1. The molecule has 0 radical (unpaired) electrons. The van der Waals surface area contributed by atoms with Crippen molar-refractivity contribution in [2.45, 2.75) is 43.2 Å². The van der Waals surface area contributed by atoms with Crippen LogP contribution in [0, 0.1) is 5.92 Å². The molecule has 1 saturated carbocycles. The second-order valence-electron chi connectivity index (χ2n) is 5.53. The first kappa shape index (κ1) is 13.9. The van der Waals surface area contributed by atoms with E-state index in [-0.39, 0.29) is 12.1 Å². The summed E-state index contributed by atoms with van der Waals surface area (Å²) < 4.78 is 1.82. The molecule has 0 amide bonds. The molecule has 1 fully saturated rings. The van der Waals surface area contributed by atoms with E-state index in [9.17, 15) is 5.11 Å². The van der Waals surface area contributed by atoms with E-state index in [0.29, 0.717) is 12.0 Å². The maximum Gasteiger partial charge on any atom is 0.0625 e. The van der Waals surface area contributed by atoms with E-state index in [1.807, 2.05) is 24.1 Å². The molecule has 2 rings (SSSR count). The number of aromatic nitrogens is 2. The molecule has 4 nitrogen and oxygen atoms in total. The zero-order valence-corrected chi connectivity index (χ0v) is 12.2. The highest BCUT2D eigenvalue weighted by atomic mass is 32.2. The summed E-state index contributed by atoms with van der Waals surface area (Å²) in [5.41, 5.74) is -0.130. The Bertz CT molecular complexity index is 389. The van der Waals surface area contributed by atoms with Gasteiger partial charge in [0.25, 0.3) is 0 Å². The zero-order valence-electron chi connectivity index (χ0n) is 11.4. The second-order valence-corrected chi connectivity index (χ2v) is 6.57. The first-order valence-corrected chi connectivity index (χ1v) is 7.54. The molecule has 1 aromatic heterocycles. The number of thioether (sulfide) groups is 1. The summed E-state index contributed by atoms with van der Waals surface area (Å²) in [6, 6.07) is 0.396. The van der Waals surface area contributed by atoms with Crippen molar-refractivity contribution in [1.29, 1.82) is 0 Å². The summed E-state index contributed by atoms with van der Waals surface area (Å²) in [5.74, 6) is 1.52. The van der Waals surface area contributed by atoms with E-state index >= 15 is 0 Å². The van der Waals surface area contributed by atoms with Crippen LogP contribution in [0.25, 0.3) is 0 Å². The lowest BCUT2D eigenvalue weighted by Gasteiger charge is -2.35. The van der Waals surface area contributed by atoms with Crippen LogP contribution in [0.5, 0.6) is 0 Å². The Labute approximate surface area is 113 Å². The lowest BCUT2D eigenvalue weighted by Crippen LogP contribution is -2.55. The molecule has 0 saturated heterocycles. The van der Waals surface area contributed by atoms with Gasteiger partial charge in [-0.1, -0.05) is 13.8 Å². The predicted molar refractivity (Wildman–Crippen MR) is 74.7 cm³/mol. The summed E-state index contributed by atoms with van der Waals surface area (Å²) in [7, 11) is 1.93. The molecule has 102 valence electrons. The third-order valence-electron chi connectivity index (χ3n) is 3.39. The molecule has 0 aliphatic heterocycles. The molecule has 0 bridgehead atoms. The topological polar surface area (TPSA) is 50.1 Å². The Hall–Kier alpha value is -0.520. The summed E-state index contributed by atoms with van der Waals surface area (Å²) in [6.45, 7) is 4.49. The lowest BCUT2D eigenvalue weighted by molar-refractivity contribution is 0.150. The summed E-state index contributed by atoms with van der Waals surface area (Å²) in [6.07, 6.45) is 6.37. The molecule has 1 aromatic rings. The molecule has 1 unspecified atom stereocenters. The molecule has 5 heteroatoms. The molecule has 0 aromatic carbocycles. The number of aliphatic hydroxyl groups excluding tert-OH is 1. The van der Waals surface area contributed by atoms with Gasteiger partial charge in [0.2, 0.25) is 0 Å². The highest BCUT2D eigenvalue weighted by Crippen LogP contribution is 2.42. The fourth-order valence-electron chi connectivity index (χ4n) is 2.39. The Kier molecular flexibility index (Phi) is 4.35. The van der Waals surface area contributed by atoms with Gasteiger partial charge >= 0.3 is 0 Å². The highest BCUT2D eigenvalue weighted by Gasteiger charge is 2.44. The Morgan fingerprint density at radius 3 is 2.78 bits per heavy atom. The largest absolute Gasteiger partial charge is 0.394 e. The van der Waals surface area contributed by atoms with E-state index in [2.05, 4.69) is 24.3 Å². The number of aliphatic hydroxyl groups is 1. The Balaban J connectivity index is 2.00. The number of hydrogen-bond acceptors (Lipinski definition) is 4. The number of nitrogens with one attached hydrogen (secondary N) is 1. The van der Waals surface area contributed by atoms with Gasteiger partial charge in [0.15, 0.2) is 0 Å². The van der Waals surface area contributed by atoms with Gasteiger partial charge in [0.05, 0.1) is 18.3 Å². The summed E-state index contributed by atoms with van der Waals surface area (Å²) >= 11 is 1.78. The van der Waals surface area contributed by atoms with Crippen LogP contribution in [0.1, 0.15) is 26.7 Å². The monoisotopic (exact) mass is 269 g/mol. The predicted octanol–water partition coefficient (Wildman–Crippen LogP) is 1.65. The fraction of sp³-hybridized carbons (Fsp3) is 0.769. The normalized spacial score (nSPS) is 19.2. The molecule has 0 spiro atoms. The molecular formula is C13H23N3OS. The number of rotatable bonds is 7. The standard InChI is InChI=1S/C13H23N3OS/c1-10(2)15-13(8-17,11-4-5-11)9-18-12-6-14-16(3)7-12/h6-7,10-11,15,17H,4-5,8-9H2,1-3H3. The van der Waals surface area contributed by atoms with Crippen LogP contribution in [0.3, 0.4) is 0 Å². The van der Waals surface area contributed by atoms with Crippen molar-refractivity contribution in [1.82, 2.24) is 15.1 Å². The second kappa shape index (κ2) is 5.63. The van der Waals surface area contributed by atoms with Crippen LogP contribution < -0.4 is 5.32 Å². The lowest BCUT2D eigenvalue weighted by atomic mass is 9.95. The van der Waals surface area contributed by atoms with Crippen molar-refractivity contribution >= 4 is 11.8 Å². The number of hydrogen-bond donors (Lipinski definition) is 2. The number of nitrogens with zero attached hydrogens (tertiary/aromatic N) is 2. The smallest absolute Gasteiger partial charge is 0.0625 e. The molecule has 1 aliphatic rings. The van der Waals surface area contributed by atoms with Crippen LogP contribution in [-0.2, 0) is 7.05 Å². The van der Waals surface area contributed by atoms with E-state index in [1.165, 1.54) is 17.7 Å². The van der Waals surface area contributed by atoms with Gasteiger partial charge in [-0.3, -0.25) is 4.68 Å².